The maximum absolute atomic E-state index is 12.7. The highest BCUT2D eigenvalue weighted by atomic mass is 16.6. The minimum atomic E-state index is -0.650. The zero-order valence-corrected chi connectivity index (χ0v) is 27.9. The molecule has 0 fully saturated rings. The zero-order chi connectivity index (χ0) is 34.3. The second-order valence-corrected chi connectivity index (χ2v) is 12.9. The minimum absolute atomic E-state index is 0.0328. The summed E-state index contributed by atoms with van der Waals surface area (Å²) in [5, 5.41) is 0. The van der Waals surface area contributed by atoms with Gasteiger partial charge in [-0.05, 0) is 61.6 Å². The van der Waals surface area contributed by atoms with E-state index in [1.807, 2.05) is 110 Å². The fraction of sp³-hybridized carbons (Fsp3) is 0.300. The normalized spacial score (nSPS) is 17.0. The van der Waals surface area contributed by atoms with Gasteiger partial charge < -0.3 is 9.47 Å². The second kappa shape index (κ2) is 15.1. The first-order chi connectivity index (χ1) is 23.1. The maximum atomic E-state index is 12.7. The number of anilines is 2. The highest BCUT2D eigenvalue weighted by Crippen LogP contribution is 2.41. The van der Waals surface area contributed by atoms with E-state index < -0.39 is 17.8 Å². The van der Waals surface area contributed by atoms with Crippen molar-refractivity contribution in [2.45, 2.75) is 70.8 Å². The standard InChI is InChI=1S/2C20H21NO3/c1-20(2,3)24-19(23)21-17-12-8-7-11-15(17)16(13-18(21)22)14-9-5-4-6-10-14;1-2-3-13-24-20(23)21-18-12-8-7-11-16(18)17(14-19(21)22)15-9-5-4-6-10-15/h4-12,16H,13H2,1-3H3;4-12,17H,2-3,13-14H2,1H3. The molecule has 0 radical (unpaired) electrons. The Kier molecular flexibility index (Phi) is 10.7. The summed E-state index contributed by atoms with van der Waals surface area (Å²) < 4.78 is 10.7. The van der Waals surface area contributed by atoms with Gasteiger partial charge in [0.2, 0.25) is 11.8 Å². The van der Waals surface area contributed by atoms with Crippen molar-refractivity contribution in [1.82, 2.24) is 0 Å². The third-order valence-electron chi connectivity index (χ3n) is 8.25. The van der Waals surface area contributed by atoms with Crippen LogP contribution in [0.2, 0.25) is 0 Å². The molecule has 0 bridgehead atoms. The summed E-state index contributed by atoms with van der Waals surface area (Å²) in [4.78, 5) is 52.6. The molecule has 0 saturated carbocycles. The quantitative estimate of drug-likeness (QED) is 0.201. The van der Waals surface area contributed by atoms with Gasteiger partial charge in [0, 0.05) is 24.7 Å². The molecule has 2 aliphatic rings. The highest BCUT2D eigenvalue weighted by Gasteiger charge is 2.38. The molecule has 0 spiro atoms. The monoisotopic (exact) mass is 646 g/mol. The number of para-hydroxylation sites is 2. The Morgan fingerprint density at radius 2 is 1.06 bits per heavy atom. The van der Waals surface area contributed by atoms with E-state index in [2.05, 4.69) is 0 Å². The van der Waals surface area contributed by atoms with Crippen LogP contribution in [0.25, 0.3) is 0 Å². The summed E-state index contributed by atoms with van der Waals surface area (Å²) in [5.74, 6) is -0.538. The van der Waals surface area contributed by atoms with E-state index in [1.54, 1.807) is 26.8 Å². The van der Waals surface area contributed by atoms with Crippen LogP contribution < -0.4 is 9.80 Å². The Labute approximate surface area is 282 Å². The fourth-order valence-electron chi connectivity index (χ4n) is 6.03. The third-order valence-corrected chi connectivity index (χ3v) is 8.25. The first kappa shape index (κ1) is 34.1. The molecule has 6 rings (SSSR count). The fourth-order valence-corrected chi connectivity index (χ4v) is 6.03. The molecule has 0 N–H and O–H groups in total. The number of fused-ring (bicyclic) bond motifs is 2. The number of benzene rings is 4. The van der Waals surface area contributed by atoms with Gasteiger partial charge in [-0.1, -0.05) is 110 Å². The molecule has 0 aliphatic carbocycles. The van der Waals surface area contributed by atoms with Gasteiger partial charge in [0.1, 0.15) is 5.60 Å². The molecule has 4 aromatic carbocycles. The van der Waals surface area contributed by atoms with E-state index in [-0.39, 0.29) is 36.5 Å². The molecule has 2 atom stereocenters. The number of carbonyl (C=O) groups is 4. The van der Waals surface area contributed by atoms with E-state index in [1.165, 1.54) is 9.80 Å². The predicted octanol–water partition coefficient (Wildman–Crippen LogP) is 8.98. The van der Waals surface area contributed by atoms with Crippen LogP contribution in [-0.2, 0) is 19.1 Å². The molecule has 8 nitrogen and oxygen atoms in total. The van der Waals surface area contributed by atoms with Crippen molar-refractivity contribution >= 4 is 35.4 Å². The van der Waals surface area contributed by atoms with E-state index in [0.717, 1.165) is 35.1 Å². The zero-order valence-electron chi connectivity index (χ0n) is 27.9. The van der Waals surface area contributed by atoms with Crippen molar-refractivity contribution in [3.8, 4) is 0 Å². The topological polar surface area (TPSA) is 93.2 Å². The van der Waals surface area contributed by atoms with Gasteiger partial charge in [-0.2, -0.15) is 0 Å². The first-order valence-corrected chi connectivity index (χ1v) is 16.4. The molecule has 4 amide bonds. The van der Waals surface area contributed by atoms with Crippen LogP contribution >= 0.6 is 0 Å². The largest absolute Gasteiger partial charge is 0.449 e. The second-order valence-electron chi connectivity index (χ2n) is 12.9. The number of carbonyl (C=O) groups excluding carboxylic acids is 4. The maximum Gasteiger partial charge on any atom is 0.421 e. The van der Waals surface area contributed by atoms with Crippen molar-refractivity contribution < 1.29 is 28.7 Å². The van der Waals surface area contributed by atoms with Crippen LogP contribution in [0.15, 0.2) is 109 Å². The SMILES string of the molecule is CC(C)(C)OC(=O)N1C(=O)CC(c2ccccc2)c2ccccc21.CCCCOC(=O)N1C(=O)CC(c2ccccc2)c2ccccc21. The van der Waals surface area contributed by atoms with E-state index in [9.17, 15) is 19.2 Å². The number of hydrogen-bond donors (Lipinski definition) is 0. The summed E-state index contributed by atoms with van der Waals surface area (Å²) in [7, 11) is 0. The summed E-state index contributed by atoms with van der Waals surface area (Å²) in [6, 6.07) is 34.9. The van der Waals surface area contributed by atoms with Gasteiger partial charge in [0.15, 0.2) is 0 Å². The smallest absolute Gasteiger partial charge is 0.421 e. The number of hydrogen-bond acceptors (Lipinski definition) is 6. The number of imide groups is 2. The summed E-state index contributed by atoms with van der Waals surface area (Å²) in [6.45, 7) is 7.73. The Morgan fingerprint density at radius 1 is 0.646 bits per heavy atom. The van der Waals surface area contributed by atoms with Crippen molar-refractivity contribution in [2.24, 2.45) is 0 Å². The highest BCUT2D eigenvalue weighted by molar-refractivity contribution is 6.15. The van der Waals surface area contributed by atoms with E-state index >= 15 is 0 Å². The lowest BCUT2D eigenvalue weighted by molar-refractivity contribution is -0.119. The van der Waals surface area contributed by atoms with Gasteiger partial charge in [-0.15, -0.1) is 0 Å². The first-order valence-electron chi connectivity index (χ1n) is 16.4. The van der Waals surface area contributed by atoms with Gasteiger partial charge in [0.05, 0.1) is 18.0 Å². The number of amides is 4. The van der Waals surface area contributed by atoms with Crippen LogP contribution in [0.3, 0.4) is 0 Å². The van der Waals surface area contributed by atoms with Gasteiger partial charge >= 0.3 is 12.2 Å². The molecule has 48 heavy (non-hydrogen) atoms. The average Bonchev–Trinajstić information content (AvgIpc) is 3.08. The Morgan fingerprint density at radius 3 is 1.50 bits per heavy atom. The molecule has 248 valence electrons. The van der Waals surface area contributed by atoms with Crippen LogP contribution in [0.5, 0.6) is 0 Å². The number of rotatable bonds is 5. The Bertz CT molecular complexity index is 1750. The average molecular weight is 647 g/mol. The lowest BCUT2D eigenvalue weighted by Gasteiger charge is -2.34. The molecule has 2 unspecified atom stereocenters. The number of nitrogens with zero attached hydrogens (tertiary/aromatic N) is 2. The Hall–Kier alpha value is -5.24. The van der Waals surface area contributed by atoms with Crippen molar-refractivity contribution in [1.29, 1.82) is 0 Å². The predicted molar refractivity (Wildman–Crippen MR) is 186 cm³/mol. The number of ether oxygens (including phenoxy) is 2. The molecule has 2 aliphatic heterocycles. The summed E-state index contributed by atoms with van der Waals surface area (Å²) >= 11 is 0. The van der Waals surface area contributed by atoms with Crippen LogP contribution in [0.1, 0.15) is 87.5 Å². The van der Waals surface area contributed by atoms with Crippen molar-refractivity contribution in [3.63, 3.8) is 0 Å². The molecular formula is C40H42N2O6. The van der Waals surface area contributed by atoms with E-state index in [0.29, 0.717) is 18.0 Å². The molecule has 4 aromatic rings. The van der Waals surface area contributed by atoms with Gasteiger partial charge in [-0.25, -0.2) is 19.4 Å². The number of unbranched alkanes of at least 4 members (excludes halogenated alkanes) is 1. The van der Waals surface area contributed by atoms with Gasteiger partial charge in [-0.3, -0.25) is 9.59 Å². The van der Waals surface area contributed by atoms with Crippen molar-refractivity contribution in [3.05, 3.63) is 131 Å². The van der Waals surface area contributed by atoms with Crippen LogP contribution in [0.4, 0.5) is 21.0 Å². The van der Waals surface area contributed by atoms with Crippen molar-refractivity contribution in [2.75, 3.05) is 16.4 Å². The van der Waals surface area contributed by atoms with Crippen LogP contribution in [0, 0.1) is 0 Å². The molecule has 2 heterocycles. The molecule has 8 heteroatoms. The van der Waals surface area contributed by atoms with E-state index in [4.69, 9.17) is 9.47 Å². The molecule has 0 aromatic heterocycles. The third kappa shape index (κ3) is 7.82. The summed E-state index contributed by atoms with van der Waals surface area (Å²) in [5.41, 5.74) is 4.69. The van der Waals surface area contributed by atoms with Crippen LogP contribution in [-0.4, -0.2) is 36.2 Å². The lowest BCUT2D eigenvalue weighted by Crippen LogP contribution is -2.44. The molecule has 0 saturated heterocycles. The molecular weight excluding hydrogens is 604 g/mol. The minimum Gasteiger partial charge on any atom is -0.449 e. The summed E-state index contributed by atoms with van der Waals surface area (Å²) in [6.07, 6.45) is 1.05. The van der Waals surface area contributed by atoms with Gasteiger partial charge in [0.25, 0.3) is 0 Å². The Balaban J connectivity index is 0.000000188. The lowest BCUT2D eigenvalue weighted by atomic mass is 9.84.